The van der Waals surface area contributed by atoms with Crippen LogP contribution in [0.5, 0.6) is 0 Å². The third-order valence-electron chi connectivity index (χ3n) is 2.64. The number of thiazole rings is 1. The zero-order chi connectivity index (χ0) is 9.10. The lowest BCUT2D eigenvalue weighted by Crippen LogP contribution is -2.36. The molecule has 4 heteroatoms. The smallest absolute Gasteiger partial charge is 0.0794 e. The minimum atomic E-state index is 0.523. The second kappa shape index (κ2) is 4.17. The van der Waals surface area contributed by atoms with Crippen molar-refractivity contribution in [2.75, 3.05) is 13.1 Å². The molecule has 0 bridgehead atoms. The van der Waals surface area contributed by atoms with Crippen LogP contribution in [0.2, 0.25) is 0 Å². The largest absolute Gasteiger partial charge is 0.330 e. The number of hydrogen-bond donors (Lipinski definition) is 2. The molecule has 1 fully saturated rings. The minimum Gasteiger partial charge on any atom is -0.330 e. The van der Waals surface area contributed by atoms with Crippen molar-refractivity contribution < 1.29 is 0 Å². The second-order valence-corrected chi connectivity index (χ2v) is 4.46. The van der Waals surface area contributed by atoms with Crippen LogP contribution in [0.15, 0.2) is 11.7 Å². The molecule has 0 spiro atoms. The summed E-state index contributed by atoms with van der Waals surface area (Å²) in [6.45, 7) is 1.86. The third-order valence-corrected chi connectivity index (χ3v) is 3.53. The molecule has 1 aliphatic heterocycles. The Bertz CT molecular complexity index is 239. The average Bonchev–Trinajstić information content (AvgIpc) is 2.71. The van der Waals surface area contributed by atoms with E-state index < -0.39 is 0 Å². The summed E-state index contributed by atoms with van der Waals surface area (Å²) in [6, 6.07) is 0.523. The van der Waals surface area contributed by atoms with Gasteiger partial charge in [-0.1, -0.05) is 0 Å². The summed E-state index contributed by atoms with van der Waals surface area (Å²) in [6.07, 6.45) is 4.40. The van der Waals surface area contributed by atoms with Crippen molar-refractivity contribution in [1.29, 1.82) is 0 Å². The first-order valence-corrected chi connectivity index (χ1v) is 5.60. The van der Waals surface area contributed by atoms with Gasteiger partial charge in [-0.15, -0.1) is 11.3 Å². The zero-order valence-electron chi connectivity index (χ0n) is 7.57. The van der Waals surface area contributed by atoms with Crippen LogP contribution in [0, 0.1) is 5.92 Å². The molecule has 1 saturated heterocycles. The summed E-state index contributed by atoms with van der Waals surface area (Å²) >= 11 is 1.73. The van der Waals surface area contributed by atoms with Crippen LogP contribution in [-0.2, 0) is 0 Å². The monoisotopic (exact) mass is 197 g/mol. The van der Waals surface area contributed by atoms with Crippen LogP contribution >= 0.6 is 11.3 Å². The van der Waals surface area contributed by atoms with Crippen LogP contribution in [-0.4, -0.2) is 18.1 Å². The van der Waals surface area contributed by atoms with Crippen molar-refractivity contribution in [2.24, 2.45) is 11.7 Å². The molecule has 1 aromatic rings. The average molecular weight is 197 g/mol. The molecule has 2 rings (SSSR count). The van der Waals surface area contributed by atoms with Crippen LogP contribution in [0.25, 0.3) is 0 Å². The van der Waals surface area contributed by atoms with Gasteiger partial charge in [0, 0.05) is 17.1 Å². The molecule has 2 heterocycles. The fraction of sp³-hybridized carbons (Fsp3) is 0.667. The van der Waals surface area contributed by atoms with Gasteiger partial charge in [-0.05, 0) is 31.8 Å². The molecule has 0 radical (unpaired) electrons. The summed E-state index contributed by atoms with van der Waals surface area (Å²) in [5.41, 5.74) is 7.51. The van der Waals surface area contributed by atoms with Gasteiger partial charge in [-0.2, -0.15) is 0 Å². The van der Waals surface area contributed by atoms with Crippen molar-refractivity contribution in [2.45, 2.75) is 18.9 Å². The number of piperidine rings is 1. The van der Waals surface area contributed by atoms with Gasteiger partial charge in [-0.25, -0.2) is 0 Å². The van der Waals surface area contributed by atoms with E-state index in [-0.39, 0.29) is 0 Å². The normalized spacial score (nSPS) is 29.0. The molecule has 0 saturated carbocycles. The number of hydrogen-bond acceptors (Lipinski definition) is 4. The maximum Gasteiger partial charge on any atom is 0.0794 e. The first-order valence-electron chi connectivity index (χ1n) is 4.72. The number of nitrogens with one attached hydrogen (secondary N) is 1. The number of rotatable bonds is 2. The number of nitrogens with zero attached hydrogens (tertiary/aromatic N) is 1. The van der Waals surface area contributed by atoms with Gasteiger partial charge in [0.2, 0.25) is 0 Å². The molecule has 0 aliphatic carbocycles. The van der Waals surface area contributed by atoms with Crippen molar-refractivity contribution >= 4 is 11.3 Å². The van der Waals surface area contributed by atoms with E-state index in [0.29, 0.717) is 12.0 Å². The Morgan fingerprint density at radius 1 is 1.62 bits per heavy atom. The Morgan fingerprint density at radius 2 is 2.54 bits per heavy atom. The van der Waals surface area contributed by atoms with Crippen molar-refractivity contribution in [3.63, 3.8) is 0 Å². The maximum atomic E-state index is 5.62. The quantitative estimate of drug-likeness (QED) is 0.747. The van der Waals surface area contributed by atoms with Gasteiger partial charge in [-0.3, -0.25) is 4.98 Å². The Labute approximate surface area is 82.4 Å². The molecule has 13 heavy (non-hydrogen) atoms. The fourth-order valence-electron chi connectivity index (χ4n) is 1.76. The van der Waals surface area contributed by atoms with Gasteiger partial charge in [0.05, 0.1) is 5.51 Å². The topological polar surface area (TPSA) is 50.9 Å². The van der Waals surface area contributed by atoms with Crippen molar-refractivity contribution in [3.8, 4) is 0 Å². The Balaban J connectivity index is 1.92. The first kappa shape index (κ1) is 9.12. The van der Waals surface area contributed by atoms with Crippen LogP contribution in [0.3, 0.4) is 0 Å². The standard InChI is InChI=1S/C9H15N3S/c10-3-7-1-2-8(12-4-7)9-5-11-6-13-9/h5-8,12H,1-4,10H2. The number of aromatic nitrogens is 1. The minimum absolute atomic E-state index is 0.523. The highest BCUT2D eigenvalue weighted by atomic mass is 32.1. The van der Waals surface area contributed by atoms with E-state index in [1.54, 1.807) is 11.3 Å². The summed E-state index contributed by atoms with van der Waals surface area (Å²) < 4.78 is 0. The highest BCUT2D eigenvalue weighted by molar-refractivity contribution is 7.09. The van der Waals surface area contributed by atoms with Gasteiger partial charge < -0.3 is 11.1 Å². The molecular weight excluding hydrogens is 182 g/mol. The molecule has 3 N–H and O–H groups in total. The van der Waals surface area contributed by atoms with Crippen LogP contribution in [0.4, 0.5) is 0 Å². The third kappa shape index (κ3) is 2.07. The maximum absolute atomic E-state index is 5.62. The molecule has 0 aromatic carbocycles. The molecule has 2 unspecified atom stereocenters. The summed E-state index contributed by atoms with van der Waals surface area (Å²) in [7, 11) is 0. The molecule has 72 valence electrons. The van der Waals surface area contributed by atoms with E-state index in [4.69, 9.17) is 5.73 Å². The Morgan fingerprint density at radius 3 is 3.08 bits per heavy atom. The highest BCUT2D eigenvalue weighted by Crippen LogP contribution is 2.27. The van der Waals surface area contributed by atoms with Crippen LogP contribution in [0.1, 0.15) is 23.8 Å². The van der Waals surface area contributed by atoms with Gasteiger partial charge in [0.1, 0.15) is 0 Å². The van der Waals surface area contributed by atoms with Gasteiger partial charge >= 0.3 is 0 Å². The SMILES string of the molecule is NCC1CCC(c2cncs2)NC1. The molecule has 3 nitrogen and oxygen atoms in total. The van der Waals surface area contributed by atoms with Crippen molar-refractivity contribution in [3.05, 3.63) is 16.6 Å². The Hall–Kier alpha value is -0.450. The molecule has 1 aliphatic rings. The number of nitrogens with two attached hydrogens (primary N) is 1. The lowest BCUT2D eigenvalue weighted by Gasteiger charge is -2.28. The molecular formula is C9H15N3S. The summed E-state index contributed by atoms with van der Waals surface area (Å²) in [4.78, 5) is 5.45. The lowest BCUT2D eigenvalue weighted by atomic mass is 9.94. The Kier molecular flexibility index (Phi) is 2.93. The van der Waals surface area contributed by atoms with E-state index in [1.165, 1.54) is 17.7 Å². The summed E-state index contributed by atoms with van der Waals surface area (Å²) in [5, 5.41) is 3.51. The second-order valence-electron chi connectivity index (χ2n) is 3.54. The lowest BCUT2D eigenvalue weighted by molar-refractivity contribution is 0.323. The zero-order valence-corrected chi connectivity index (χ0v) is 8.39. The van der Waals surface area contributed by atoms with E-state index >= 15 is 0 Å². The van der Waals surface area contributed by atoms with E-state index in [0.717, 1.165) is 13.1 Å². The fourth-order valence-corrected chi connectivity index (χ4v) is 2.49. The molecule has 2 atom stereocenters. The van der Waals surface area contributed by atoms with Crippen molar-refractivity contribution in [1.82, 2.24) is 10.3 Å². The first-order chi connectivity index (χ1) is 6.40. The van der Waals surface area contributed by atoms with E-state index in [2.05, 4.69) is 10.3 Å². The highest BCUT2D eigenvalue weighted by Gasteiger charge is 2.21. The van der Waals surface area contributed by atoms with E-state index in [1.807, 2.05) is 11.7 Å². The van der Waals surface area contributed by atoms with Gasteiger partial charge in [0.15, 0.2) is 0 Å². The van der Waals surface area contributed by atoms with E-state index in [9.17, 15) is 0 Å². The van der Waals surface area contributed by atoms with Crippen LogP contribution < -0.4 is 11.1 Å². The molecule has 0 amide bonds. The van der Waals surface area contributed by atoms with Gasteiger partial charge in [0.25, 0.3) is 0 Å². The predicted octanol–water partition coefficient (Wildman–Crippen LogP) is 1.14. The molecule has 1 aromatic heterocycles. The predicted molar refractivity (Wildman–Crippen MR) is 54.6 cm³/mol. The summed E-state index contributed by atoms with van der Waals surface area (Å²) in [5.74, 6) is 0.671.